The van der Waals surface area contributed by atoms with E-state index in [9.17, 15) is 21.6 Å². The lowest BCUT2D eigenvalue weighted by Gasteiger charge is -2.28. The molecule has 0 amide bonds. The summed E-state index contributed by atoms with van der Waals surface area (Å²) in [6.45, 7) is 0. The molecular weight excluding hydrogens is 589 g/mol. The highest BCUT2D eigenvalue weighted by atomic mass is 32.2. The Kier molecular flexibility index (Phi) is 7.05. The van der Waals surface area contributed by atoms with Crippen molar-refractivity contribution in [1.29, 1.82) is 0 Å². The van der Waals surface area contributed by atoms with Crippen LogP contribution in [0.2, 0.25) is 0 Å². The SMILES string of the molecule is NC1=C(S(=O)(=O)c2ccccc2)[C@H](c2ccccc2)C(S(=O)(=O)c2ccccc2)=c2s/c(=C/c3ccccc3)c(=O)n21. The molecule has 2 heterocycles. The summed E-state index contributed by atoms with van der Waals surface area (Å²) in [5.41, 5.74) is 7.16. The summed E-state index contributed by atoms with van der Waals surface area (Å²) < 4.78 is 59.0. The fourth-order valence-corrected chi connectivity index (χ4v) is 9.99. The second-order valence-electron chi connectivity index (χ2n) is 9.56. The van der Waals surface area contributed by atoms with E-state index in [-0.39, 0.29) is 34.6 Å². The van der Waals surface area contributed by atoms with Gasteiger partial charge in [-0.25, -0.2) is 16.8 Å². The first-order valence-corrected chi connectivity index (χ1v) is 16.7. The molecule has 0 saturated heterocycles. The molecule has 1 aromatic heterocycles. The Bertz CT molecular complexity index is 2220. The quantitative estimate of drug-likeness (QED) is 0.313. The normalized spacial score (nSPS) is 16.0. The van der Waals surface area contributed by atoms with Crippen LogP contribution in [-0.2, 0) is 19.7 Å². The maximum Gasteiger partial charge on any atom is 0.274 e. The second-order valence-corrected chi connectivity index (χ2v) is 14.4. The number of nitrogens with zero attached hydrogens (tertiary/aromatic N) is 1. The van der Waals surface area contributed by atoms with Crippen molar-refractivity contribution in [3.63, 3.8) is 0 Å². The largest absolute Gasteiger partial charge is 0.384 e. The maximum atomic E-state index is 14.5. The van der Waals surface area contributed by atoms with Gasteiger partial charge in [-0.05, 0) is 41.5 Å². The van der Waals surface area contributed by atoms with E-state index in [1.807, 2.05) is 30.3 Å². The molecule has 42 heavy (non-hydrogen) atoms. The maximum absolute atomic E-state index is 14.5. The molecule has 1 aliphatic heterocycles. The smallest absolute Gasteiger partial charge is 0.274 e. The minimum absolute atomic E-state index is 0.0288. The molecule has 1 atom stereocenters. The van der Waals surface area contributed by atoms with Gasteiger partial charge in [-0.3, -0.25) is 9.36 Å². The summed E-state index contributed by atoms with van der Waals surface area (Å²) in [6, 6.07) is 33.0. The zero-order valence-corrected chi connectivity index (χ0v) is 24.4. The van der Waals surface area contributed by atoms with E-state index < -0.39 is 31.2 Å². The van der Waals surface area contributed by atoms with Gasteiger partial charge in [0.2, 0.25) is 19.7 Å². The zero-order valence-electron chi connectivity index (χ0n) is 22.0. The van der Waals surface area contributed by atoms with E-state index in [1.165, 1.54) is 24.3 Å². The molecular formula is C32H24N2O5S3. The Morgan fingerprint density at radius 3 is 1.62 bits per heavy atom. The van der Waals surface area contributed by atoms with Crippen LogP contribution in [-0.4, -0.2) is 21.4 Å². The third-order valence-electron chi connectivity index (χ3n) is 6.97. The number of rotatable bonds is 6. The van der Waals surface area contributed by atoms with Crippen LogP contribution in [0.25, 0.3) is 16.8 Å². The van der Waals surface area contributed by atoms with Crippen molar-refractivity contribution in [3.8, 4) is 0 Å². The molecule has 5 aromatic rings. The fraction of sp³-hybridized carbons (Fsp3) is 0.0312. The third kappa shape index (κ3) is 4.63. The van der Waals surface area contributed by atoms with Crippen molar-refractivity contribution in [2.75, 3.05) is 0 Å². The summed E-state index contributed by atoms with van der Waals surface area (Å²) in [5.74, 6) is -1.65. The molecule has 4 aromatic carbocycles. The molecule has 0 radical (unpaired) electrons. The monoisotopic (exact) mass is 612 g/mol. The van der Waals surface area contributed by atoms with Gasteiger partial charge < -0.3 is 5.73 Å². The van der Waals surface area contributed by atoms with E-state index in [0.29, 0.717) is 5.56 Å². The minimum Gasteiger partial charge on any atom is -0.384 e. The Hall–Kier alpha value is -4.51. The summed E-state index contributed by atoms with van der Waals surface area (Å²) in [7, 11) is -8.74. The van der Waals surface area contributed by atoms with E-state index >= 15 is 0 Å². The number of fused-ring (bicyclic) bond motifs is 1. The van der Waals surface area contributed by atoms with Crippen molar-refractivity contribution >= 4 is 47.8 Å². The molecule has 0 saturated carbocycles. The van der Waals surface area contributed by atoms with E-state index in [4.69, 9.17) is 5.73 Å². The lowest BCUT2D eigenvalue weighted by molar-refractivity contribution is 0.598. The second kappa shape index (κ2) is 10.7. The van der Waals surface area contributed by atoms with Gasteiger partial charge in [0.05, 0.1) is 25.1 Å². The van der Waals surface area contributed by atoms with E-state index in [2.05, 4.69) is 0 Å². The van der Waals surface area contributed by atoms with Crippen LogP contribution in [0.1, 0.15) is 17.0 Å². The Labute approximate surface area is 246 Å². The van der Waals surface area contributed by atoms with Gasteiger partial charge in [0.15, 0.2) is 0 Å². The standard InChI is InChI=1S/C32H24N2O5S3/c33-30-28(41(36,37)24-17-9-3-10-18-24)27(23-15-7-2-8-16-23)29(42(38,39)25-19-11-4-12-20-25)32-34(30)31(35)26(40-32)21-22-13-5-1-6-14-22/h1-21,27H,33H2/b26-21+/t27-/m0/s1. The molecule has 0 fully saturated rings. The van der Waals surface area contributed by atoms with Crippen molar-refractivity contribution in [3.05, 3.63) is 157 Å². The zero-order chi connectivity index (χ0) is 29.5. The lowest BCUT2D eigenvalue weighted by Crippen LogP contribution is -2.41. The Balaban J connectivity index is 1.81. The number of allylic oxidation sites excluding steroid dienone is 1. The molecule has 0 aliphatic carbocycles. The fourth-order valence-electron chi connectivity index (χ4n) is 5.03. The van der Waals surface area contributed by atoms with E-state index in [1.54, 1.807) is 72.8 Å². The molecule has 2 N–H and O–H groups in total. The van der Waals surface area contributed by atoms with Gasteiger partial charge in [-0.2, -0.15) is 0 Å². The molecule has 0 unspecified atom stereocenters. The minimum atomic E-state index is -4.39. The van der Waals surface area contributed by atoms with Crippen molar-refractivity contribution in [1.82, 2.24) is 4.57 Å². The molecule has 1 aliphatic rings. The van der Waals surface area contributed by atoms with Gasteiger partial charge in [0, 0.05) is 0 Å². The number of nitrogens with two attached hydrogens (primary N) is 1. The van der Waals surface area contributed by atoms with Crippen molar-refractivity contribution < 1.29 is 16.8 Å². The van der Waals surface area contributed by atoms with Crippen molar-refractivity contribution in [2.24, 2.45) is 5.73 Å². The van der Waals surface area contributed by atoms with Crippen LogP contribution in [0.15, 0.2) is 141 Å². The predicted molar refractivity (Wildman–Crippen MR) is 165 cm³/mol. The van der Waals surface area contributed by atoms with Gasteiger partial charge in [-0.1, -0.05) is 97.1 Å². The van der Waals surface area contributed by atoms with Gasteiger partial charge in [-0.15, -0.1) is 11.3 Å². The topological polar surface area (TPSA) is 116 Å². The van der Waals surface area contributed by atoms with Gasteiger partial charge in [0.25, 0.3) is 5.56 Å². The number of thiazole rings is 1. The molecule has 0 bridgehead atoms. The average Bonchev–Trinajstić information content (AvgIpc) is 3.33. The molecule has 10 heteroatoms. The first kappa shape index (κ1) is 27.6. The molecule has 0 spiro atoms. The van der Waals surface area contributed by atoms with Crippen LogP contribution < -0.4 is 20.5 Å². The van der Waals surface area contributed by atoms with Gasteiger partial charge >= 0.3 is 0 Å². The first-order valence-electron chi connectivity index (χ1n) is 12.9. The van der Waals surface area contributed by atoms with Crippen LogP contribution in [0.3, 0.4) is 0 Å². The van der Waals surface area contributed by atoms with Crippen molar-refractivity contribution in [2.45, 2.75) is 15.7 Å². The Morgan fingerprint density at radius 2 is 1.10 bits per heavy atom. The molecule has 6 rings (SSSR count). The Morgan fingerprint density at radius 1 is 0.643 bits per heavy atom. The van der Waals surface area contributed by atoms with E-state index in [0.717, 1.165) is 21.5 Å². The number of aromatic nitrogens is 1. The predicted octanol–water partition coefficient (Wildman–Crippen LogP) is 3.68. The summed E-state index contributed by atoms with van der Waals surface area (Å²) in [5, 5.41) is 0. The molecule has 210 valence electrons. The van der Waals surface area contributed by atoms with Crippen LogP contribution >= 0.6 is 11.3 Å². The van der Waals surface area contributed by atoms with Gasteiger partial charge in [0.1, 0.15) is 15.4 Å². The highest BCUT2D eigenvalue weighted by Crippen LogP contribution is 2.45. The van der Waals surface area contributed by atoms with Crippen LogP contribution in [0, 0.1) is 0 Å². The lowest BCUT2D eigenvalue weighted by atomic mass is 9.97. The highest BCUT2D eigenvalue weighted by Gasteiger charge is 2.44. The number of hydrogen-bond donors (Lipinski definition) is 1. The average molecular weight is 613 g/mol. The summed E-state index contributed by atoms with van der Waals surface area (Å²) >= 11 is 0.967. The summed E-state index contributed by atoms with van der Waals surface area (Å²) in [4.78, 5) is 13.2. The number of hydrogen-bond acceptors (Lipinski definition) is 7. The molecule has 7 nitrogen and oxygen atoms in total. The third-order valence-corrected chi connectivity index (χ3v) is 12.0. The first-order chi connectivity index (χ1) is 20.2. The highest BCUT2D eigenvalue weighted by molar-refractivity contribution is 8.00. The van der Waals surface area contributed by atoms with Crippen LogP contribution in [0.4, 0.5) is 0 Å². The number of benzene rings is 4. The van der Waals surface area contributed by atoms with Crippen LogP contribution in [0.5, 0.6) is 0 Å². The summed E-state index contributed by atoms with van der Waals surface area (Å²) in [6.07, 6.45) is 1.64. The number of sulfone groups is 2.